The lowest BCUT2D eigenvalue weighted by Crippen LogP contribution is -2.24. The van der Waals surface area contributed by atoms with Crippen LogP contribution in [0.2, 0.25) is 0 Å². The van der Waals surface area contributed by atoms with Crippen molar-refractivity contribution in [3.8, 4) is 0 Å². The van der Waals surface area contributed by atoms with E-state index < -0.39 is 11.7 Å². The topological polar surface area (TPSA) is 44.6 Å². The molecule has 3 nitrogen and oxygen atoms in total. The molecule has 0 unspecified atom stereocenters. The number of halogens is 3. The summed E-state index contributed by atoms with van der Waals surface area (Å²) in [6.45, 7) is 0. The Morgan fingerprint density at radius 3 is 2.33 bits per heavy atom. The summed E-state index contributed by atoms with van der Waals surface area (Å²) < 4.78 is 38.5. The highest BCUT2D eigenvalue weighted by Crippen LogP contribution is 2.37. The molecule has 0 amide bonds. The number of nitrogens with one attached hydrogen (secondary N) is 1. The second-order valence-electron chi connectivity index (χ2n) is 7.05. The minimum Gasteiger partial charge on any atom is -0.290 e. The summed E-state index contributed by atoms with van der Waals surface area (Å²) >= 11 is 0. The van der Waals surface area contributed by atoms with Gasteiger partial charge in [0.1, 0.15) is 5.84 Å². The van der Waals surface area contributed by atoms with Gasteiger partial charge < -0.3 is 0 Å². The Morgan fingerprint density at radius 1 is 1.00 bits per heavy atom. The van der Waals surface area contributed by atoms with Gasteiger partial charge in [-0.05, 0) is 61.3 Å². The zero-order chi connectivity index (χ0) is 19.3. The fourth-order valence-electron chi connectivity index (χ4n) is 3.72. The Morgan fingerprint density at radius 2 is 1.70 bits per heavy atom. The lowest BCUT2D eigenvalue weighted by molar-refractivity contribution is -0.137. The van der Waals surface area contributed by atoms with Gasteiger partial charge in [-0.15, -0.1) is 0 Å². The number of aliphatic imine (C=N–C) groups is 1. The van der Waals surface area contributed by atoms with Gasteiger partial charge in [0.15, 0.2) is 0 Å². The third-order valence-corrected chi connectivity index (χ3v) is 5.17. The molecule has 144 valence electrons. The minimum atomic E-state index is -4.41. The number of alkyl halides is 3. The number of hydroxylamine groups is 1. The summed E-state index contributed by atoms with van der Waals surface area (Å²) in [5, 5.41) is 9.37. The standard InChI is InChI=1S/C21H23F3N2O/c22-21(23,24)18-7-4-8-19(14-18)25-20(26-27)13-15-9-11-17(12-10-15)16-5-2-1-3-6-16/h1-8,14-15,17,27H,9-13H2,(H,25,26). The summed E-state index contributed by atoms with van der Waals surface area (Å²) in [6, 6.07) is 15.2. The molecule has 2 N–H and O–H groups in total. The van der Waals surface area contributed by atoms with Crippen LogP contribution in [0.5, 0.6) is 0 Å². The lowest BCUT2D eigenvalue weighted by Gasteiger charge is -2.29. The van der Waals surface area contributed by atoms with E-state index in [0.29, 0.717) is 24.1 Å². The summed E-state index contributed by atoms with van der Waals surface area (Å²) in [4.78, 5) is 4.18. The molecule has 1 fully saturated rings. The van der Waals surface area contributed by atoms with Crippen LogP contribution in [0, 0.1) is 5.92 Å². The van der Waals surface area contributed by atoms with Crippen molar-refractivity contribution >= 4 is 11.5 Å². The molecule has 27 heavy (non-hydrogen) atoms. The zero-order valence-corrected chi connectivity index (χ0v) is 14.9. The van der Waals surface area contributed by atoms with Crippen LogP contribution in [-0.2, 0) is 6.18 Å². The molecule has 1 saturated carbocycles. The van der Waals surface area contributed by atoms with E-state index in [1.165, 1.54) is 17.7 Å². The van der Waals surface area contributed by atoms with Gasteiger partial charge in [0.05, 0.1) is 11.3 Å². The van der Waals surface area contributed by atoms with E-state index in [9.17, 15) is 18.4 Å². The average molecular weight is 376 g/mol. The van der Waals surface area contributed by atoms with Gasteiger partial charge in [-0.3, -0.25) is 10.7 Å². The maximum Gasteiger partial charge on any atom is 0.416 e. The van der Waals surface area contributed by atoms with E-state index in [0.717, 1.165) is 37.8 Å². The monoisotopic (exact) mass is 376 g/mol. The molecule has 3 rings (SSSR count). The summed E-state index contributed by atoms with van der Waals surface area (Å²) in [5.41, 5.74) is 2.86. The highest BCUT2D eigenvalue weighted by Gasteiger charge is 2.30. The normalized spacial score (nSPS) is 21.1. The first-order valence-electron chi connectivity index (χ1n) is 9.15. The van der Waals surface area contributed by atoms with Crippen molar-refractivity contribution in [3.05, 3.63) is 65.7 Å². The van der Waals surface area contributed by atoms with Crippen LogP contribution in [0.1, 0.15) is 49.1 Å². The van der Waals surface area contributed by atoms with Crippen LogP contribution in [0.3, 0.4) is 0 Å². The average Bonchev–Trinajstić information content (AvgIpc) is 2.68. The van der Waals surface area contributed by atoms with Crippen LogP contribution in [0.4, 0.5) is 18.9 Å². The molecule has 0 saturated heterocycles. The molecule has 6 heteroatoms. The van der Waals surface area contributed by atoms with E-state index in [-0.39, 0.29) is 5.69 Å². The third-order valence-electron chi connectivity index (χ3n) is 5.17. The number of amidine groups is 1. The van der Waals surface area contributed by atoms with Crippen LogP contribution >= 0.6 is 0 Å². The van der Waals surface area contributed by atoms with Crippen LogP contribution in [0.25, 0.3) is 0 Å². The zero-order valence-electron chi connectivity index (χ0n) is 14.9. The van der Waals surface area contributed by atoms with E-state index >= 15 is 0 Å². The van der Waals surface area contributed by atoms with E-state index in [1.54, 1.807) is 0 Å². The molecule has 0 spiro atoms. The first-order chi connectivity index (χ1) is 13.0. The summed E-state index contributed by atoms with van der Waals surface area (Å²) in [6.07, 6.45) is 0.252. The molecule has 2 aromatic rings. The van der Waals surface area contributed by atoms with Crippen molar-refractivity contribution in [1.29, 1.82) is 0 Å². The number of nitrogens with zero attached hydrogens (tertiary/aromatic N) is 1. The highest BCUT2D eigenvalue weighted by atomic mass is 19.4. The molecular weight excluding hydrogens is 353 g/mol. The number of hydrogen-bond donors (Lipinski definition) is 2. The second-order valence-corrected chi connectivity index (χ2v) is 7.05. The van der Waals surface area contributed by atoms with Crippen LogP contribution in [0.15, 0.2) is 59.6 Å². The Balaban J connectivity index is 1.62. The molecule has 0 radical (unpaired) electrons. The molecule has 0 atom stereocenters. The largest absolute Gasteiger partial charge is 0.416 e. The third kappa shape index (κ3) is 5.32. The Kier molecular flexibility index (Phi) is 6.16. The highest BCUT2D eigenvalue weighted by molar-refractivity contribution is 5.84. The maximum atomic E-state index is 12.8. The van der Waals surface area contributed by atoms with Crippen LogP contribution in [-0.4, -0.2) is 11.0 Å². The first-order valence-corrected chi connectivity index (χ1v) is 9.15. The minimum absolute atomic E-state index is 0.180. The Labute approximate surface area is 156 Å². The molecule has 1 aliphatic carbocycles. The van der Waals surface area contributed by atoms with Crippen molar-refractivity contribution in [2.24, 2.45) is 10.9 Å². The Hall–Kier alpha value is -2.34. The van der Waals surface area contributed by atoms with Gasteiger partial charge in [0, 0.05) is 6.42 Å². The fourth-order valence-corrected chi connectivity index (χ4v) is 3.72. The van der Waals surface area contributed by atoms with E-state index in [4.69, 9.17) is 0 Å². The van der Waals surface area contributed by atoms with Gasteiger partial charge in [-0.1, -0.05) is 36.4 Å². The van der Waals surface area contributed by atoms with Crippen molar-refractivity contribution in [1.82, 2.24) is 5.48 Å². The summed E-state index contributed by atoms with van der Waals surface area (Å²) in [7, 11) is 0. The van der Waals surface area contributed by atoms with Crippen LogP contribution < -0.4 is 5.48 Å². The van der Waals surface area contributed by atoms with Gasteiger partial charge in [-0.2, -0.15) is 13.2 Å². The van der Waals surface area contributed by atoms with Gasteiger partial charge in [0.25, 0.3) is 0 Å². The predicted molar refractivity (Wildman–Crippen MR) is 99.2 cm³/mol. The molecular formula is C21H23F3N2O. The quantitative estimate of drug-likeness (QED) is 0.386. The van der Waals surface area contributed by atoms with Crippen molar-refractivity contribution < 1.29 is 18.4 Å². The summed E-state index contributed by atoms with van der Waals surface area (Å²) in [5.74, 6) is 1.21. The first kappa shape index (κ1) is 19.4. The SMILES string of the molecule is ONC(CC1CCC(c2ccccc2)CC1)=Nc1cccc(C(F)(F)F)c1. The molecule has 1 aliphatic rings. The van der Waals surface area contributed by atoms with E-state index in [1.807, 2.05) is 6.07 Å². The second kappa shape index (κ2) is 8.57. The van der Waals surface area contributed by atoms with Gasteiger partial charge in [0.2, 0.25) is 0 Å². The van der Waals surface area contributed by atoms with Crippen molar-refractivity contribution in [3.63, 3.8) is 0 Å². The molecule has 2 aromatic carbocycles. The smallest absolute Gasteiger partial charge is 0.290 e. The number of rotatable bonds is 4. The fraction of sp³-hybridized carbons (Fsp3) is 0.381. The van der Waals surface area contributed by atoms with Crippen molar-refractivity contribution in [2.75, 3.05) is 0 Å². The van der Waals surface area contributed by atoms with Gasteiger partial charge in [-0.25, -0.2) is 4.99 Å². The lowest BCUT2D eigenvalue weighted by atomic mass is 9.77. The van der Waals surface area contributed by atoms with Crippen molar-refractivity contribution in [2.45, 2.75) is 44.2 Å². The Bertz CT molecular complexity index is 766. The number of hydrogen-bond acceptors (Lipinski definition) is 2. The molecule has 0 heterocycles. The molecule has 0 bridgehead atoms. The van der Waals surface area contributed by atoms with E-state index in [2.05, 4.69) is 34.7 Å². The molecule has 0 aliphatic heterocycles. The maximum absolute atomic E-state index is 12.8. The molecule has 0 aromatic heterocycles. The number of benzene rings is 2. The van der Waals surface area contributed by atoms with Gasteiger partial charge >= 0.3 is 6.18 Å². The predicted octanol–water partition coefficient (Wildman–Crippen LogP) is 6.08.